The summed E-state index contributed by atoms with van der Waals surface area (Å²) in [7, 11) is 0. The highest BCUT2D eigenvalue weighted by Gasteiger charge is 2.14. The monoisotopic (exact) mass is 323 g/mol. The van der Waals surface area contributed by atoms with Crippen LogP contribution in [0.4, 0.5) is 0 Å². The maximum Gasteiger partial charge on any atom is 0.227 e. The number of hydrogen-bond acceptors (Lipinski definition) is 4. The molecular formula is C19H21N3O2. The van der Waals surface area contributed by atoms with Crippen LogP contribution < -0.4 is 0 Å². The van der Waals surface area contributed by atoms with Gasteiger partial charge in [-0.2, -0.15) is 4.98 Å². The van der Waals surface area contributed by atoms with Gasteiger partial charge in [-0.05, 0) is 24.6 Å². The third-order valence-electron chi connectivity index (χ3n) is 4.17. The Labute approximate surface area is 141 Å². The second kappa shape index (κ2) is 7.25. The highest BCUT2D eigenvalue weighted by atomic mass is 16.5. The molecule has 0 aliphatic heterocycles. The van der Waals surface area contributed by atoms with Crippen LogP contribution in [0.25, 0.3) is 22.2 Å². The molecule has 5 heteroatoms. The Bertz CT molecular complexity index is 832. The third kappa shape index (κ3) is 3.30. The van der Waals surface area contributed by atoms with E-state index in [1.54, 1.807) is 0 Å². The maximum absolute atomic E-state index is 12.1. The first kappa shape index (κ1) is 16.2. The molecule has 0 saturated carbocycles. The molecule has 0 unspecified atom stereocenters. The van der Waals surface area contributed by atoms with Crippen molar-refractivity contribution in [2.75, 3.05) is 13.1 Å². The molecule has 124 valence electrons. The molecule has 0 spiro atoms. The van der Waals surface area contributed by atoms with Crippen molar-refractivity contribution in [3.8, 4) is 11.4 Å². The topological polar surface area (TPSA) is 59.2 Å². The van der Waals surface area contributed by atoms with Crippen LogP contribution in [0.15, 0.2) is 47.0 Å². The molecule has 1 heterocycles. The quantitative estimate of drug-likeness (QED) is 0.694. The lowest BCUT2D eigenvalue weighted by Gasteiger charge is -2.17. The Kier molecular flexibility index (Phi) is 4.89. The molecule has 0 bridgehead atoms. The minimum atomic E-state index is 0.116. The Balaban J connectivity index is 1.77. The van der Waals surface area contributed by atoms with E-state index in [1.807, 2.05) is 49.1 Å². The van der Waals surface area contributed by atoms with Crippen molar-refractivity contribution >= 4 is 16.7 Å². The zero-order chi connectivity index (χ0) is 16.9. The Morgan fingerprint density at radius 3 is 2.62 bits per heavy atom. The van der Waals surface area contributed by atoms with Crippen molar-refractivity contribution in [1.29, 1.82) is 0 Å². The summed E-state index contributed by atoms with van der Waals surface area (Å²) in [6.45, 7) is 5.40. The minimum Gasteiger partial charge on any atom is -0.343 e. The number of benzene rings is 2. The molecule has 3 rings (SSSR count). The minimum absolute atomic E-state index is 0.116. The number of aromatic nitrogens is 2. The van der Waals surface area contributed by atoms with Gasteiger partial charge in [-0.1, -0.05) is 47.6 Å². The van der Waals surface area contributed by atoms with E-state index in [4.69, 9.17) is 4.52 Å². The van der Waals surface area contributed by atoms with Gasteiger partial charge in [0.1, 0.15) is 0 Å². The van der Waals surface area contributed by atoms with Gasteiger partial charge in [0.05, 0.1) is 0 Å². The smallest absolute Gasteiger partial charge is 0.227 e. The Morgan fingerprint density at radius 2 is 1.83 bits per heavy atom. The first-order chi connectivity index (χ1) is 11.7. The van der Waals surface area contributed by atoms with Crippen LogP contribution in [0.3, 0.4) is 0 Å². The summed E-state index contributed by atoms with van der Waals surface area (Å²) >= 11 is 0. The average molecular weight is 323 g/mol. The number of nitrogens with zero attached hydrogens (tertiary/aromatic N) is 3. The van der Waals surface area contributed by atoms with Crippen LogP contribution in [0, 0.1) is 0 Å². The molecule has 0 fully saturated rings. The van der Waals surface area contributed by atoms with E-state index in [-0.39, 0.29) is 5.91 Å². The Morgan fingerprint density at radius 1 is 1.08 bits per heavy atom. The van der Waals surface area contributed by atoms with E-state index in [0.29, 0.717) is 24.6 Å². The lowest BCUT2D eigenvalue weighted by atomic mass is 10.0. The molecule has 24 heavy (non-hydrogen) atoms. The van der Waals surface area contributed by atoms with E-state index in [9.17, 15) is 4.79 Å². The van der Waals surface area contributed by atoms with Crippen LogP contribution in [-0.2, 0) is 11.2 Å². The summed E-state index contributed by atoms with van der Waals surface area (Å²) in [5.74, 6) is 1.18. The molecule has 2 aromatic carbocycles. The summed E-state index contributed by atoms with van der Waals surface area (Å²) < 4.78 is 5.33. The predicted molar refractivity (Wildman–Crippen MR) is 93.5 cm³/mol. The van der Waals surface area contributed by atoms with Gasteiger partial charge in [0, 0.05) is 31.5 Å². The second-order valence-electron chi connectivity index (χ2n) is 5.60. The van der Waals surface area contributed by atoms with Crippen LogP contribution in [0.5, 0.6) is 0 Å². The van der Waals surface area contributed by atoms with Crippen molar-refractivity contribution in [3.05, 3.63) is 48.4 Å². The fraction of sp³-hybridized carbons (Fsp3) is 0.316. The van der Waals surface area contributed by atoms with Crippen molar-refractivity contribution in [3.63, 3.8) is 0 Å². The molecule has 0 aliphatic carbocycles. The Hall–Kier alpha value is -2.69. The lowest BCUT2D eigenvalue weighted by molar-refractivity contribution is -0.130. The average Bonchev–Trinajstić information content (AvgIpc) is 3.09. The van der Waals surface area contributed by atoms with Gasteiger partial charge in [-0.25, -0.2) is 0 Å². The van der Waals surface area contributed by atoms with Crippen LogP contribution in [-0.4, -0.2) is 34.0 Å². The molecule has 0 atom stereocenters. The second-order valence-corrected chi connectivity index (χ2v) is 5.60. The predicted octanol–water partition coefficient (Wildman–Crippen LogP) is 3.69. The van der Waals surface area contributed by atoms with Gasteiger partial charge in [0.25, 0.3) is 0 Å². The SMILES string of the molecule is CCN(CC)C(=O)CCc1nc(-c2cccc3ccccc23)no1. The summed E-state index contributed by atoms with van der Waals surface area (Å²) in [6.07, 6.45) is 0.853. The lowest BCUT2D eigenvalue weighted by Crippen LogP contribution is -2.30. The molecular weight excluding hydrogens is 302 g/mol. The van der Waals surface area contributed by atoms with Crippen molar-refractivity contribution in [2.24, 2.45) is 0 Å². The molecule has 0 radical (unpaired) electrons. The maximum atomic E-state index is 12.1. The summed E-state index contributed by atoms with van der Waals surface area (Å²) in [5, 5.41) is 6.32. The van der Waals surface area contributed by atoms with Crippen molar-refractivity contribution in [2.45, 2.75) is 26.7 Å². The molecule has 5 nitrogen and oxygen atoms in total. The fourth-order valence-electron chi connectivity index (χ4n) is 2.83. The number of carbonyl (C=O) groups excluding carboxylic acids is 1. The number of fused-ring (bicyclic) bond motifs is 1. The molecule has 0 saturated heterocycles. The van der Waals surface area contributed by atoms with Gasteiger partial charge in [-0.3, -0.25) is 4.79 Å². The molecule has 1 amide bonds. The van der Waals surface area contributed by atoms with Crippen LogP contribution >= 0.6 is 0 Å². The summed E-state index contributed by atoms with van der Waals surface area (Å²) in [4.78, 5) is 18.3. The van der Waals surface area contributed by atoms with Crippen molar-refractivity contribution < 1.29 is 9.32 Å². The third-order valence-corrected chi connectivity index (χ3v) is 4.17. The van der Waals surface area contributed by atoms with Crippen molar-refractivity contribution in [1.82, 2.24) is 15.0 Å². The van der Waals surface area contributed by atoms with Gasteiger partial charge < -0.3 is 9.42 Å². The van der Waals surface area contributed by atoms with Gasteiger partial charge in [-0.15, -0.1) is 0 Å². The molecule has 1 aromatic heterocycles. The highest BCUT2D eigenvalue weighted by Crippen LogP contribution is 2.26. The molecule has 0 N–H and O–H groups in total. The first-order valence-electron chi connectivity index (χ1n) is 8.31. The molecule has 0 aliphatic rings. The van der Waals surface area contributed by atoms with E-state index < -0.39 is 0 Å². The largest absolute Gasteiger partial charge is 0.343 e. The zero-order valence-corrected chi connectivity index (χ0v) is 14.0. The number of rotatable bonds is 6. The van der Waals surface area contributed by atoms with Gasteiger partial charge in [0.15, 0.2) is 0 Å². The number of carbonyl (C=O) groups is 1. The van der Waals surface area contributed by atoms with E-state index >= 15 is 0 Å². The number of amides is 1. The molecule has 3 aromatic rings. The normalized spacial score (nSPS) is 10.9. The number of aryl methyl sites for hydroxylation is 1. The standard InChI is InChI=1S/C19H21N3O2/c1-3-22(4-2)18(23)13-12-17-20-19(21-24-17)16-11-7-9-14-8-5-6-10-15(14)16/h5-11H,3-4,12-13H2,1-2H3. The zero-order valence-electron chi connectivity index (χ0n) is 14.0. The summed E-state index contributed by atoms with van der Waals surface area (Å²) in [6, 6.07) is 14.1. The summed E-state index contributed by atoms with van der Waals surface area (Å²) in [5.41, 5.74) is 0.943. The van der Waals surface area contributed by atoms with Crippen LogP contribution in [0.2, 0.25) is 0 Å². The van der Waals surface area contributed by atoms with E-state index in [2.05, 4.69) is 22.3 Å². The van der Waals surface area contributed by atoms with E-state index in [1.165, 1.54) is 0 Å². The van der Waals surface area contributed by atoms with Gasteiger partial charge >= 0.3 is 0 Å². The van der Waals surface area contributed by atoms with Gasteiger partial charge in [0.2, 0.25) is 17.6 Å². The van der Waals surface area contributed by atoms with Crippen LogP contribution in [0.1, 0.15) is 26.2 Å². The van der Waals surface area contributed by atoms with E-state index in [0.717, 1.165) is 29.4 Å². The first-order valence-corrected chi connectivity index (χ1v) is 8.31. The fourth-order valence-corrected chi connectivity index (χ4v) is 2.83. The number of hydrogen-bond donors (Lipinski definition) is 0. The highest BCUT2D eigenvalue weighted by molar-refractivity contribution is 5.94.